The average Bonchev–Trinajstić information content (AvgIpc) is 2.59. The molecular formula is C18H17NO4S. The van der Waals surface area contributed by atoms with Gasteiger partial charge in [0, 0.05) is 4.90 Å². The minimum absolute atomic E-state index is 0.0651. The smallest absolute Gasteiger partial charge is 0.338 e. The zero-order valence-corrected chi connectivity index (χ0v) is 14.0. The lowest BCUT2D eigenvalue weighted by atomic mass is 10.2. The number of fused-ring (bicyclic) bond motifs is 1. The van der Waals surface area contributed by atoms with E-state index in [1.54, 1.807) is 12.1 Å². The first-order valence-electron chi connectivity index (χ1n) is 7.56. The number of amides is 1. The van der Waals surface area contributed by atoms with Crippen molar-refractivity contribution >= 4 is 29.3 Å². The maximum atomic E-state index is 12.1. The standard InChI is InChI=1S/C18H17NO4S/c1-12-4-2-3-5-15(12)22-8-9-23-18(21)13-6-7-16-14(10-13)19-17(20)11-24-16/h2-7,10H,8-9,11H2,1H3,(H,19,20). The van der Waals surface area contributed by atoms with Crippen molar-refractivity contribution in [3.05, 3.63) is 53.6 Å². The summed E-state index contributed by atoms with van der Waals surface area (Å²) in [5, 5.41) is 2.76. The summed E-state index contributed by atoms with van der Waals surface area (Å²) in [6, 6.07) is 12.8. The van der Waals surface area contributed by atoms with Crippen molar-refractivity contribution in [2.24, 2.45) is 0 Å². The van der Waals surface area contributed by atoms with Gasteiger partial charge in [-0.25, -0.2) is 4.79 Å². The summed E-state index contributed by atoms with van der Waals surface area (Å²) in [5.41, 5.74) is 2.10. The lowest BCUT2D eigenvalue weighted by Crippen LogP contribution is -2.19. The van der Waals surface area contributed by atoms with Gasteiger partial charge in [0.25, 0.3) is 0 Å². The Kier molecular flexibility index (Phi) is 5.05. The van der Waals surface area contributed by atoms with Crippen LogP contribution < -0.4 is 10.1 Å². The fourth-order valence-corrected chi connectivity index (χ4v) is 3.09. The van der Waals surface area contributed by atoms with Crippen LogP contribution in [0.2, 0.25) is 0 Å². The second kappa shape index (κ2) is 7.40. The van der Waals surface area contributed by atoms with E-state index in [9.17, 15) is 9.59 Å². The van der Waals surface area contributed by atoms with Crippen molar-refractivity contribution in [3.8, 4) is 5.75 Å². The highest BCUT2D eigenvalue weighted by molar-refractivity contribution is 8.00. The molecule has 0 radical (unpaired) electrons. The first kappa shape index (κ1) is 16.4. The normalized spacial score (nSPS) is 13.0. The molecule has 0 aliphatic carbocycles. The number of nitrogens with one attached hydrogen (secondary N) is 1. The number of carbonyl (C=O) groups excluding carboxylic acids is 2. The number of anilines is 1. The summed E-state index contributed by atoms with van der Waals surface area (Å²) in [5.74, 6) is 0.676. The van der Waals surface area contributed by atoms with Gasteiger partial charge in [0.1, 0.15) is 19.0 Å². The Morgan fingerprint density at radius 1 is 1.21 bits per heavy atom. The van der Waals surface area contributed by atoms with E-state index in [4.69, 9.17) is 9.47 Å². The lowest BCUT2D eigenvalue weighted by molar-refractivity contribution is -0.113. The van der Waals surface area contributed by atoms with Crippen molar-refractivity contribution in [1.29, 1.82) is 0 Å². The van der Waals surface area contributed by atoms with Crippen molar-refractivity contribution in [2.75, 3.05) is 24.3 Å². The number of rotatable bonds is 5. The third-order valence-corrected chi connectivity index (χ3v) is 4.59. The second-order valence-corrected chi connectivity index (χ2v) is 6.31. The van der Waals surface area contributed by atoms with Crippen LogP contribution in [0.3, 0.4) is 0 Å². The summed E-state index contributed by atoms with van der Waals surface area (Å²) in [7, 11) is 0. The predicted molar refractivity (Wildman–Crippen MR) is 92.8 cm³/mol. The van der Waals surface area contributed by atoms with E-state index in [-0.39, 0.29) is 19.1 Å². The largest absolute Gasteiger partial charge is 0.490 e. The van der Waals surface area contributed by atoms with Gasteiger partial charge in [-0.05, 0) is 36.8 Å². The van der Waals surface area contributed by atoms with Crippen molar-refractivity contribution in [2.45, 2.75) is 11.8 Å². The Morgan fingerprint density at radius 2 is 2.04 bits per heavy atom. The van der Waals surface area contributed by atoms with Gasteiger partial charge in [-0.3, -0.25) is 4.79 Å². The minimum atomic E-state index is -0.434. The Hall–Kier alpha value is -2.47. The summed E-state index contributed by atoms with van der Waals surface area (Å²) in [6.07, 6.45) is 0. The maximum Gasteiger partial charge on any atom is 0.338 e. The van der Waals surface area contributed by atoms with Gasteiger partial charge in [-0.2, -0.15) is 0 Å². The fraction of sp³-hybridized carbons (Fsp3) is 0.222. The number of para-hydroxylation sites is 1. The first-order chi connectivity index (χ1) is 11.6. The van der Waals surface area contributed by atoms with Gasteiger partial charge < -0.3 is 14.8 Å². The molecular weight excluding hydrogens is 326 g/mol. The van der Waals surface area contributed by atoms with Gasteiger partial charge in [-0.15, -0.1) is 11.8 Å². The number of hydrogen-bond donors (Lipinski definition) is 1. The highest BCUT2D eigenvalue weighted by Crippen LogP contribution is 2.32. The molecule has 6 heteroatoms. The van der Waals surface area contributed by atoms with Crippen molar-refractivity contribution in [1.82, 2.24) is 0 Å². The van der Waals surface area contributed by atoms with Crippen LogP contribution in [0, 0.1) is 6.92 Å². The van der Waals surface area contributed by atoms with Gasteiger partial charge in [0.2, 0.25) is 5.91 Å². The minimum Gasteiger partial charge on any atom is -0.490 e. The van der Waals surface area contributed by atoms with E-state index in [1.165, 1.54) is 11.8 Å². The number of thioether (sulfide) groups is 1. The molecule has 2 aromatic rings. The monoisotopic (exact) mass is 343 g/mol. The van der Waals surface area contributed by atoms with Crippen LogP contribution in [0.4, 0.5) is 5.69 Å². The average molecular weight is 343 g/mol. The molecule has 0 spiro atoms. The van der Waals surface area contributed by atoms with Crippen molar-refractivity contribution < 1.29 is 19.1 Å². The number of ether oxygens (including phenoxy) is 2. The quantitative estimate of drug-likeness (QED) is 0.667. The molecule has 24 heavy (non-hydrogen) atoms. The van der Waals surface area contributed by atoms with E-state index < -0.39 is 5.97 Å². The third-order valence-electron chi connectivity index (χ3n) is 3.52. The molecule has 124 valence electrons. The van der Waals surface area contributed by atoms with Gasteiger partial charge >= 0.3 is 5.97 Å². The topological polar surface area (TPSA) is 64.6 Å². The second-order valence-electron chi connectivity index (χ2n) is 5.30. The van der Waals surface area contributed by atoms with Crippen LogP contribution in [0.15, 0.2) is 47.4 Å². The molecule has 1 aliphatic rings. The van der Waals surface area contributed by atoms with Crippen molar-refractivity contribution in [3.63, 3.8) is 0 Å². The van der Waals surface area contributed by atoms with Gasteiger partial charge in [0.15, 0.2) is 0 Å². The highest BCUT2D eigenvalue weighted by Gasteiger charge is 2.17. The summed E-state index contributed by atoms with van der Waals surface area (Å²) in [4.78, 5) is 24.5. The summed E-state index contributed by atoms with van der Waals surface area (Å²) in [6.45, 7) is 2.40. The third kappa shape index (κ3) is 3.89. The number of esters is 1. The van der Waals surface area contributed by atoms with E-state index >= 15 is 0 Å². The molecule has 0 saturated carbocycles. The fourth-order valence-electron chi connectivity index (χ4n) is 2.30. The Morgan fingerprint density at radius 3 is 2.88 bits per heavy atom. The molecule has 1 heterocycles. The molecule has 2 aromatic carbocycles. The molecule has 1 aliphatic heterocycles. The Bertz CT molecular complexity index is 775. The maximum absolute atomic E-state index is 12.1. The van der Waals surface area contributed by atoms with Crippen LogP contribution in [-0.4, -0.2) is 30.8 Å². The molecule has 5 nitrogen and oxygen atoms in total. The van der Waals surface area contributed by atoms with E-state index in [2.05, 4.69) is 5.32 Å². The zero-order chi connectivity index (χ0) is 16.9. The number of benzene rings is 2. The molecule has 0 atom stereocenters. The molecule has 0 saturated heterocycles. The molecule has 3 rings (SSSR count). The van der Waals surface area contributed by atoms with Crippen LogP contribution in [0.25, 0.3) is 0 Å². The number of aryl methyl sites for hydroxylation is 1. The Labute approximate surface area is 144 Å². The number of carbonyl (C=O) groups is 2. The Balaban J connectivity index is 1.53. The zero-order valence-electron chi connectivity index (χ0n) is 13.2. The summed E-state index contributed by atoms with van der Waals surface area (Å²) >= 11 is 1.45. The SMILES string of the molecule is Cc1ccccc1OCCOC(=O)c1ccc2c(c1)NC(=O)CS2. The van der Waals surface area contributed by atoms with Crippen LogP contribution in [-0.2, 0) is 9.53 Å². The lowest BCUT2D eigenvalue weighted by Gasteiger charge is -2.16. The van der Waals surface area contributed by atoms with Crippen LogP contribution in [0.1, 0.15) is 15.9 Å². The molecule has 1 N–H and O–H groups in total. The predicted octanol–water partition coefficient (Wildman–Crippen LogP) is 3.28. The van der Waals surface area contributed by atoms with E-state index in [0.717, 1.165) is 16.2 Å². The molecule has 0 aromatic heterocycles. The number of hydrogen-bond acceptors (Lipinski definition) is 5. The summed E-state index contributed by atoms with van der Waals surface area (Å²) < 4.78 is 10.8. The van der Waals surface area contributed by atoms with Gasteiger partial charge in [0.05, 0.1) is 17.0 Å². The molecule has 0 bridgehead atoms. The van der Waals surface area contributed by atoms with E-state index in [0.29, 0.717) is 17.0 Å². The molecule has 0 fully saturated rings. The first-order valence-corrected chi connectivity index (χ1v) is 8.54. The molecule has 0 unspecified atom stereocenters. The van der Waals surface area contributed by atoms with Crippen LogP contribution in [0.5, 0.6) is 5.75 Å². The van der Waals surface area contributed by atoms with Gasteiger partial charge in [-0.1, -0.05) is 18.2 Å². The molecule has 1 amide bonds. The highest BCUT2D eigenvalue weighted by atomic mass is 32.2. The van der Waals surface area contributed by atoms with E-state index in [1.807, 2.05) is 37.3 Å². The van der Waals surface area contributed by atoms with Crippen LogP contribution >= 0.6 is 11.8 Å².